The second kappa shape index (κ2) is 8.19. The molecular weight excluding hydrogens is 320 g/mol. The van der Waals surface area contributed by atoms with Crippen LogP contribution in [0.2, 0.25) is 0 Å². The summed E-state index contributed by atoms with van der Waals surface area (Å²) >= 11 is 0. The van der Waals surface area contributed by atoms with Crippen LogP contribution in [0.3, 0.4) is 0 Å². The van der Waals surface area contributed by atoms with Gasteiger partial charge in [-0.05, 0) is 44.2 Å². The molecule has 0 fully saturated rings. The number of carbonyl (C=O) groups excluding carboxylic acids is 2. The van der Waals surface area contributed by atoms with Gasteiger partial charge in [-0.25, -0.2) is 4.79 Å². The van der Waals surface area contributed by atoms with E-state index < -0.39 is 0 Å². The molecular formula is C19H22N2O4. The topological polar surface area (TPSA) is 76.7 Å². The number of methoxy groups -OCH3 is 2. The van der Waals surface area contributed by atoms with Crippen molar-refractivity contribution in [2.45, 2.75) is 19.9 Å². The molecule has 0 aliphatic rings. The first-order chi connectivity index (χ1) is 11.9. The number of urea groups is 1. The Morgan fingerprint density at radius 2 is 1.80 bits per heavy atom. The van der Waals surface area contributed by atoms with Crippen LogP contribution in [0.25, 0.3) is 0 Å². The number of nitrogens with one attached hydrogen (secondary N) is 2. The summed E-state index contributed by atoms with van der Waals surface area (Å²) in [4.78, 5) is 23.7. The van der Waals surface area contributed by atoms with Crippen molar-refractivity contribution in [1.82, 2.24) is 5.32 Å². The summed E-state index contributed by atoms with van der Waals surface area (Å²) in [5, 5.41) is 5.58. The highest BCUT2D eigenvalue weighted by Gasteiger charge is 2.15. The van der Waals surface area contributed by atoms with Gasteiger partial charge in [-0.15, -0.1) is 0 Å². The summed E-state index contributed by atoms with van der Waals surface area (Å²) in [6.45, 7) is 3.33. The highest BCUT2D eigenvalue weighted by atomic mass is 16.5. The number of carbonyl (C=O) groups is 2. The summed E-state index contributed by atoms with van der Waals surface area (Å²) < 4.78 is 10.6. The van der Waals surface area contributed by atoms with Gasteiger partial charge in [-0.2, -0.15) is 0 Å². The average Bonchev–Trinajstić information content (AvgIpc) is 2.61. The molecule has 0 spiro atoms. The SMILES string of the molecule is COc1ccc(OC)c([C@@H](C)NC(=O)Nc2cccc(C(C)=O)c2)c1. The van der Waals surface area contributed by atoms with Crippen molar-refractivity contribution in [3.05, 3.63) is 53.6 Å². The molecule has 0 saturated carbocycles. The number of anilines is 1. The smallest absolute Gasteiger partial charge is 0.319 e. The second-order valence-electron chi connectivity index (χ2n) is 5.57. The molecule has 0 aliphatic heterocycles. The number of hydrogen-bond acceptors (Lipinski definition) is 4. The highest BCUT2D eigenvalue weighted by molar-refractivity contribution is 5.96. The predicted octanol–water partition coefficient (Wildman–Crippen LogP) is 3.79. The van der Waals surface area contributed by atoms with Gasteiger partial charge in [0, 0.05) is 16.8 Å². The van der Waals surface area contributed by atoms with Gasteiger partial charge in [-0.3, -0.25) is 4.79 Å². The lowest BCUT2D eigenvalue weighted by atomic mass is 10.1. The zero-order valence-corrected chi connectivity index (χ0v) is 14.8. The molecule has 6 nitrogen and oxygen atoms in total. The van der Waals surface area contributed by atoms with E-state index in [0.29, 0.717) is 22.7 Å². The number of rotatable bonds is 6. The number of ether oxygens (including phenoxy) is 2. The molecule has 0 bridgehead atoms. The standard InChI is InChI=1S/C19H22N2O4/c1-12(17-11-16(24-3)8-9-18(17)25-4)20-19(23)21-15-7-5-6-14(10-15)13(2)22/h5-12H,1-4H3,(H2,20,21,23)/t12-/m1/s1. The van der Waals surface area contributed by atoms with E-state index in [-0.39, 0.29) is 17.9 Å². The van der Waals surface area contributed by atoms with Gasteiger partial charge in [0.2, 0.25) is 0 Å². The van der Waals surface area contributed by atoms with Gasteiger partial charge in [-0.1, -0.05) is 12.1 Å². The Bertz CT molecular complexity index is 774. The highest BCUT2D eigenvalue weighted by Crippen LogP contribution is 2.29. The van der Waals surface area contributed by atoms with Crippen molar-refractivity contribution in [1.29, 1.82) is 0 Å². The molecule has 0 unspecified atom stereocenters. The Balaban J connectivity index is 2.10. The molecule has 2 rings (SSSR count). The Morgan fingerprint density at radius 1 is 1.04 bits per heavy atom. The van der Waals surface area contributed by atoms with E-state index in [9.17, 15) is 9.59 Å². The molecule has 2 aromatic rings. The van der Waals surface area contributed by atoms with Crippen LogP contribution in [0.1, 0.15) is 35.8 Å². The fourth-order valence-corrected chi connectivity index (χ4v) is 2.44. The van der Waals surface area contributed by atoms with E-state index in [0.717, 1.165) is 5.56 Å². The monoisotopic (exact) mass is 342 g/mol. The van der Waals surface area contributed by atoms with Gasteiger partial charge in [0.15, 0.2) is 5.78 Å². The zero-order chi connectivity index (χ0) is 18.4. The first kappa shape index (κ1) is 18.3. The largest absolute Gasteiger partial charge is 0.497 e. The number of ketones is 1. The van der Waals surface area contributed by atoms with Crippen molar-refractivity contribution >= 4 is 17.5 Å². The second-order valence-corrected chi connectivity index (χ2v) is 5.57. The molecule has 25 heavy (non-hydrogen) atoms. The lowest BCUT2D eigenvalue weighted by molar-refractivity contribution is 0.101. The van der Waals surface area contributed by atoms with Crippen LogP contribution >= 0.6 is 0 Å². The number of Topliss-reactive ketones (excluding diaryl/α,β-unsaturated/α-hetero) is 1. The molecule has 132 valence electrons. The predicted molar refractivity (Wildman–Crippen MR) is 96.6 cm³/mol. The molecule has 0 aliphatic carbocycles. The normalized spacial score (nSPS) is 11.4. The van der Waals surface area contributed by atoms with E-state index in [4.69, 9.17) is 9.47 Å². The zero-order valence-electron chi connectivity index (χ0n) is 14.8. The van der Waals surface area contributed by atoms with Gasteiger partial charge < -0.3 is 20.1 Å². The third-order valence-electron chi connectivity index (χ3n) is 3.78. The summed E-state index contributed by atoms with van der Waals surface area (Å²) in [7, 11) is 3.16. The lowest BCUT2D eigenvalue weighted by Gasteiger charge is -2.18. The Morgan fingerprint density at radius 3 is 2.44 bits per heavy atom. The minimum absolute atomic E-state index is 0.0569. The van der Waals surface area contributed by atoms with Gasteiger partial charge in [0.05, 0.1) is 20.3 Å². The number of amides is 2. The maximum atomic E-state index is 12.3. The molecule has 1 atom stereocenters. The van der Waals surface area contributed by atoms with E-state index in [1.165, 1.54) is 6.92 Å². The summed E-state index contributed by atoms with van der Waals surface area (Å²) in [5.74, 6) is 1.28. The Labute approximate surface area is 147 Å². The van der Waals surface area contributed by atoms with E-state index in [1.807, 2.05) is 13.0 Å². The lowest BCUT2D eigenvalue weighted by Crippen LogP contribution is -2.31. The van der Waals surface area contributed by atoms with Crippen molar-refractivity contribution < 1.29 is 19.1 Å². The summed E-state index contributed by atoms with van der Waals surface area (Å²) in [5.41, 5.74) is 1.89. The van der Waals surface area contributed by atoms with Crippen molar-refractivity contribution in [3.63, 3.8) is 0 Å². The summed E-state index contributed by atoms with van der Waals surface area (Å²) in [6, 6.07) is 11.5. The number of benzene rings is 2. The Hall–Kier alpha value is -3.02. The maximum absolute atomic E-state index is 12.3. The first-order valence-electron chi connectivity index (χ1n) is 7.85. The van der Waals surface area contributed by atoms with Gasteiger partial charge in [0.1, 0.15) is 11.5 Å². The quantitative estimate of drug-likeness (QED) is 0.783. The van der Waals surface area contributed by atoms with Crippen LogP contribution in [0.15, 0.2) is 42.5 Å². The molecule has 2 N–H and O–H groups in total. The van der Waals surface area contributed by atoms with Gasteiger partial charge >= 0.3 is 6.03 Å². The van der Waals surface area contributed by atoms with Crippen LogP contribution in [-0.4, -0.2) is 26.0 Å². The van der Waals surface area contributed by atoms with Crippen LogP contribution in [0.5, 0.6) is 11.5 Å². The van der Waals surface area contributed by atoms with Crippen LogP contribution < -0.4 is 20.1 Å². The van der Waals surface area contributed by atoms with Gasteiger partial charge in [0.25, 0.3) is 0 Å². The average molecular weight is 342 g/mol. The maximum Gasteiger partial charge on any atom is 0.319 e. The molecule has 0 radical (unpaired) electrons. The van der Waals surface area contributed by atoms with Crippen LogP contribution in [0.4, 0.5) is 10.5 Å². The molecule has 0 aromatic heterocycles. The molecule has 0 heterocycles. The van der Waals surface area contributed by atoms with Crippen molar-refractivity contribution in [3.8, 4) is 11.5 Å². The van der Waals surface area contributed by atoms with Crippen molar-refractivity contribution in [2.24, 2.45) is 0 Å². The first-order valence-corrected chi connectivity index (χ1v) is 7.85. The fraction of sp³-hybridized carbons (Fsp3) is 0.263. The Kier molecular flexibility index (Phi) is 6.00. The molecule has 6 heteroatoms. The fourth-order valence-electron chi connectivity index (χ4n) is 2.44. The minimum atomic E-state index is -0.377. The van der Waals surface area contributed by atoms with Crippen LogP contribution in [0, 0.1) is 0 Å². The number of hydrogen-bond donors (Lipinski definition) is 2. The van der Waals surface area contributed by atoms with E-state index >= 15 is 0 Å². The van der Waals surface area contributed by atoms with E-state index in [1.54, 1.807) is 50.6 Å². The molecule has 2 amide bonds. The minimum Gasteiger partial charge on any atom is -0.497 e. The molecule has 0 saturated heterocycles. The van der Waals surface area contributed by atoms with E-state index in [2.05, 4.69) is 10.6 Å². The third-order valence-corrected chi connectivity index (χ3v) is 3.78. The van der Waals surface area contributed by atoms with Crippen molar-refractivity contribution in [2.75, 3.05) is 19.5 Å². The summed E-state index contributed by atoms with van der Waals surface area (Å²) in [6.07, 6.45) is 0. The van der Waals surface area contributed by atoms with Crippen LogP contribution in [-0.2, 0) is 0 Å². The third kappa shape index (κ3) is 4.73. The molecule has 2 aromatic carbocycles.